The first-order valence-corrected chi connectivity index (χ1v) is 16.7. The number of carbonyl (C=O) groups excluding carboxylic acids is 1. The number of para-hydroxylation sites is 2. The quantitative estimate of drug-likeness (QED) is 0.158. The number of nitrogens with one attached hydrogen (secondary N) is 1. The van der Waals surface area contributed by atoms with E-state index in [1.807, 2.05) is 42.5 Å². The van der Waals surface area contributed by atoms with Gasteiger partial charge in [0, 0.05) is 61.7 Å². The van der Waals surface area contributed by atoms with Crippen LogP contribution in [-0.2, 0) is 17.9 Å². The number of rotatable bonds is 11. The van der Waals surface area contributed by atoms with Crippen molar-refractivity contribution in [3.05, 3.63) is 168 Å². The Morgan fingerprint density at radius 2 is 1.32 bits per heavy atom. The normalized spacial score (nSPS) is 14.6. The molecule has 1 unspecified atom stereocenters. The SMILES string of the molecule is O=C(CC(c1cccc(Oc2ccccc2)c1)c1cn(Cc2ccccc2)c2ccccc12)NC1CCN(Cc2ccccc2)CC1. The fourth-order valence-electron chi connectivity index (χ4n) is 6.84. The fourth-order valence-corrected chi connectivity index (χ4v) is 6.84. The van der Waals surface area contributed by atoms with Crippen LogP contribution in [0.5, 0.6) is 11.5 Å². The number of carbonyl (C=O) groups is 1. The van der Waals surface area contributed by atoms with Crippen molar-refractivity contribution in [1.82, 2.24) is 14.8 Å². The maximum absolute atomic E-state index is 13.9. The van der Waals surface area contributed by atoms with Crippen molar-refractivity contribution in [2.75, 3.05) is 13.1 Å². The van der Waals surface area contributed by atoms with Crippen molar-refractivity contribution in [2.24, 2.45) is 0 Å². The molecule has 6 aromatic rings. The molecule has 0 radical (unpaired) electrons. The predicted octanol–water partition coefficient (Wildman–Crippen LogP) is 8.78. The number of likely N-dealkylation sites (tertiary alicyclic amines) is 1. The first-order valence-electron chi connectivity index (χ1n) is 16.7. The van der Waals surface area contributed by atoms with Crippen LogP contribution in [0.25, 0.3) is 10.9 Å². The minimum atomic E-state index is -0.144. The minimum absolute atomic E-state index is 0.0887. The standard InChI is InChI=1S/C42H41N3O2/c46-42(43-35-23-25-44(26-24-35)29-32-13-4-1-5-14-32)28-39(34-17-12-20-37(27-34)47-36-18-8-3-9-19-36)40-31-45(30-33-15-6-2-7-16-33)41-22-11-10-21-38(40)41/h1-22,27,31,35,39H,23-26,28-30H2,(H,43,46). The van der Waals surface area contributed by atoms with E-state index in [1.165, 1.54) is 22.0 Å². The molecule has 2 heterocycles. The van der Waals surface area contributed by atoms with Gasteiger partial charge >= 0.3 is 0 Å². The third kappa shape index (κ3) is 7.65. The molecule has 5 nitrogen and oxygen atoms in total. The summed E-state index contributed by atoms with van der Waals surface area (Å²) in [7, 11) is 0. The Morgan fingerprint density at radius 1 is 0.702 bits per heavy atom. The molecule has 1 fully saturated rings. The maximum Gasteiger partial charge on any atom is 0.221 e. The highest BCUT2D eigenvalue weighted by Crippen LogP contribution is 2.37. The molecular weight excluding hydrogens is 578 g/mol. The molecule has 1 aliphatic rings. The largest absolute Gasteiger partial charge is 0.457 e. The number of amides is 1. The average Bonchev–Trinajstić information content (AvgIpc) is 3.47. The molecule has 47 heavy (non-hydrogen) atoms. The van der Waals surface area contributed by atoms with Crippen molar-refractivity contribution in [3.63, 3.8) is 0 Å². The summed E-state index contributed by atoms with van der Waals surface area (Å²) in [5.41, 5.74) is 5.96. The van der Waals surface area contributed by atoms with Crippen LogP contribution in [0.15, 0.2) is 146 Å². The van der Waals surface area contributed by atoms with Crippen LogP contribution < -0.4 is 10.1 Å². The summed E-state index contributed by atoms with van der Waals surface area (Å²) in [5.74, 6) is 1.50. The molecule has 0 aliphatic carbocycles. The second-order valence-electron chi connectivity index (χ2n) is 12.6. The van der Waals surface area contributed by atoms with Gasteiger partial charge in [-0.15, -0.1) is 0 Å². The summed E-state index contributed by atoms with van der Waals surface area (Å²) in [6.07, 6.45) is 4.53. The van der Waals surface area contributed by atoms with E-state index >= 15 is 0 Å². The highest BCUT2D eigenvalue weighted by atomic mass is 16.5. The number of hydrogen-bond donors (Lipinski definition) is 1. The molecule has 1 aromatic heterocycles. The number of ether oxygens (including phenoxy) is 1. The van der Waals surface area contributed by atoms with E-state index in [-0.39, 0.29) is 17.9 Å². The average molecular weight is 620 g/mol. The highest BCUT2D eigenvalue weighted by Gasteiger charge is 2.26. The van der Waals surface area contributed by atoms with Crippen molar-refractivity contribution in [2.45, 2.75) is 44.3 Å². The van der Waals surface area contributed by atoms with Crippen LogP contribution in [-0.4, -0.2) is 34.5 Å². The van der Waals surface area contributed by atoms with E-state index in [1.54, 1.807) is 0 Å². The van der Waals surface area contributed by atoms with Crippen molar-refractivity contribution >= 4 is 16.8 Å². The maximum atomic E-state index is 13.9. The molecule has 1 amide bonds. The summed E-state index contributed by atoms with van der Waals surface area (Å²) in [6, 6.07) is 48.0. The van der Waals surface area contributed by atoms with Crippen LogP contribution in [0.3, 0.4) is 0 Å². The van der Waals surface area contributed by atoms with Gasteiger partial charge in [-0.1, -0.05) is 109 Å². The molecule has 236 valence electrons. The summed E-state index contributed by atoms with van der Waals surface area (Å²) < 4.78 is 8.56. The Balaban J connectivity index is 1.14. The number of fused-ring (bicyclic) bond motifs is 1. The highest BCUT2D eigenvalue weighted by molar-refractivity contribution is 5.87. The fraction of sp³-hybridized carbons (Fsp3) is 0.214. The van der Waals surface area contributed by atoms with E-state index in [2.05, 4.69) is 118 Å². The van der Waals surface area contributed by atoms with Crippen LogP contribution in [0.2, 0.25) is 0 Å². The van der Waals surface area contributed by atoms with Crippen molar-refractivity contribution in [1.29, 1.82) is 0 Å². The number of benzene rings is 5. The molecule has 1 atom stereocenters. The Hall–Kier alpha value is -5.13. The van der Waals surface area contributed by atoms with Gasteiger partial charge in [-0.3, -0.25) is 9.69 Å². The smallest absolute Gasteiger partial charge is 0.221 e. The summed E-state index contributed by atoms with van der Waals surface area (Å²) in [6.45, 7) is 3.68. The molecule has 0 bridgehead atoms. The van der Waals surface area contributed by atoms with Gasteiger partial charge in [0.2, 0.25) is 5.91 Å². The van der Waals surface area contributed by atoms with E-state index in [4.69, 9.17) is 4.74 Å². The van der Waals surface area contributed by atoms with E-state index in [0.29, 0.717) is 6.42 Å². The van der Waals surface area contributed by atoms with Crippen LogP contribution in [0.1, 0.15) is 47.4 Å². The minimum Gasteiger partial charge on any atom is -0.457 e. The number of aromatic nitrogens is 1. The number of nitrogens with zero attached hydrogens (tertiary/aromatic N) is 2. The lowest BCUT2D eigenvalue weighted by Crippen LogP contribution is -2.44. The molecule has 7 rings (SSSR count). The van der Waals surface area contributed by atoms with Gasteiger partial charge in [0.15, 0.2) is 0 Å². The first-order chi connectivity index (χ1) is 23.2. The Labute approximate surface area is 277 Å². The number of hydrogen-bond acceptors (Lipinski definition) is 3. The summed E-state index contributed by atoms with van der Waals surface area (Å²) in [5, 5.41) is 4.59. The lowest BCUT2D eigenvalue weighted by molar-refractivity contribution is -0.122. The van der Waals surface area contributed by atoms with Crippen molar-refractivity contribution < 1.29 is 9.53 Å². The molecule has 5 heteroatoms. The second kappa shape index (κ2) is 14.5. The van der Waals surface area contributed by atoms with Crippen LogP contribution in [0.4, 0.5) is 0 Å². The van der Waals surface area contributed by atoms with Gasteiger partial charge in [-0.05, 0) is 65.4 Å². The number of piperidine rings is 1. The van der Waals surface area contributed by atoms with Crippen LogP contribution >= 0.6 is 0 Å². The second-order valence-corrected chi connectivity index (χ2v) is 12.6. The van der Waals surface area contributed by atoms with Gasteiger partial charge < -0.3 is 14.6 Å². The summed E-state index contributed by atoms with van der Waals surface area (Å²) >= 11 is 0. The third-order valence-electron chi connectivity index (χ3n) is 9.22. The molecule has 0 spiro atoms. The topological polar surface area (TPSA) is 46.5 Å². The Kier molecular flexibility index (Phi) is 9.43. The molecule has 1 saturated heterocycles. The summed E-state index contributed by atoms with van der Waals surface area (Å²) in [4.78, 5) is 16.4. The van der Waals surface area contributed by atoms with Gasteiger partial charge in [-0.2, -0.15) is 0 Å². The van der Waals surface area contributed by atoms with Gasteiger partial charge in [-0.25, -0.2) is 0 Å². The Morgan fingerprint density at radius 3 is 2.04 bits per heavy atom. The predicted molar refractivity (Wildman–Crippen MR) is 190 cm³/mol. The van der Waals surface area contributed by atoms with Crippen molar-refractivity contribution in [3.8, 4) is 11.5 Å². The van der Waals surface area contributed by atoms with Gasteiger partial charge in [0.05, 0.1) is 0 Å². The van der Waals surface area contributed by atoms with Gasteiger partial charge in [0.1, 0.15) is 11.5 Å². The molecule has 0 saturated carbocycles. The van der Waals surface area contributed by atoms with Crippen LogP contribution in [0, 0.1) is 0 Å². The van der Waals surface area contributed by atoms with E-state index in [9.17, 15) is 4.79 Å². The zero-order valence-corrected chi connectivity index (χ0v) is 26.7. The molecule has 5 aromatic carbocycles. The molecular formula is C42H41N3O2. The van der Waals surface area contributed by atoms with E-state index in [0.717, 1.165) is 61.6 Å². The lowest BCUT2D eigenvalue weighted by Gasteiger charge is -2.32. The lowest BCUT2D eigenvalue weighted by atomic mass is 9.87. The first kappa shape index (κ1) is 30.5. The van der Waals surface area contributed by atoms with Gasteiger partial charge in [0.25, 0.3) is 0 Å². The van der Waals surface area contributed by atoms with E-state index < -0.39 is 0 Å². The zero-order chi connectivity index (χ0) is 31.8. The zero-order valence-electron chi connectivity index (χ0n) is 26.7. The molecule has 1 aliphatic heterocycles. The third-order valence-corrected chi connectivity index (χ3v) is 9.22. The molecule has 1 N–H and O–H groups in total. The monoisotopic (exact) mass is 619 g/mol. The Bertz CT molecular complexity index is 1890.